The largest absolute Gasteiger partial charge is 0.378 e. The summed E-state index contributed by atoms with van der Waals surface area (Å²) in [5, 5.41) is -0.0195. The van der Waals surface area contributed by atoms with Crippen LogP contribution in [0.15, 0.2) is 70.0 Å². The number of nitrogens with one attached hydrogen (secondary N) is 1. The number of amides is 1. The monoisotopic (exact) mass is 609 g/mol. The van der Waals surface area contributed by atoms with E-state index >= 15 is 0 Å². The molecule has 1 fully saturated rings. The molecule has 1 aliphatic rings. The molecule has 0 aromatic heterocycles. The van der Waals surface area contributed by atoms with Gasteiger partial charge >= 0.3 is 0 Å². The zero-order valence-corrected chi connectivity index (χ0v) is 23.2. The maximum Gasteiger partial charge on any atom is 0.263 e. The summed E-state index contributed by atoms with van der Waals surface area (Å²) >= 11 is 9.62. The van der Waals surface area contributed by atoms with Gasteiger partial charge in [-0.25, -0.2) is 12.8 Å². The number of para-hydroxylation sites is 2. The summed E-state index contributed by atoms with van der Waals surface area (Å²) in [6.45, 7) is 4.45. The van der Waals surface area contributed by atoms with Crippen LogP contribution in [-0.4, -0.2) is 52.1 Å². The third-order valence-electron chi connectivity index (χ3n) is 6.01. The van der Waals surface area contributed by atoms with E-state index in [2.05, 4.69) is 20.7 Å². The minimum Gasteiger partial charge on any atom is -0.378 e. The van der Waals surface area contributed by atoms with Crippen molar-refractivity contribution in [1.82, 2.24) is 4.90 Å². The van der Waals surface area contributed by atoms with Crippen molar-refractivity contribution in [3.8, 4) is 0 Å². The van der Waals surface area contributed by atoms with Crippen molar-refractivity contribution < 1.29 is 22.3 Å². The number of sulfonamides is 1. The van der Waals surface area contributed by atoms with Gasteiger partial charge in [0.1, 0.15) is 10.7 Å². The second kappa shape index (κ2) is 11.8. The summed E-state index contributed by atoms with van der Waals surface area (Å²) in [5.74, 6) is -0.874. The van der Waals surface area contributed by atoms with Gasteiger partial charge in [0.2, 0.25) is 0 Å². The molecule has 0 unspecified atom stereocenters. The molecule has 0 radical (unpaired) electrons. The fraction of sp³-hybridized carbons (Fsp3) is 0.269. The molecule has 0 saturated carbocycles. The molecule has 0 bridgehead atoms. The Balaban J connectivity index is 1.61. The zero-order valence-electron chi connectivity index (χ0n) is 20.1. The number of hydrogen-bond donors (Lipinski definition) is 1. The van der Waals surface area contributed by atoms with Crippen LogP contribution in [0.2, 0.25) is 5.02 Å². The van der Waals surface area contributed by atoms with E-state index in [0.29, 0.717) is 48.6 Å². The van der Waals surface area contributed by atoms with Crippen molar-refractivity contribution in [2.24, 2.45) is 0 Å². The normalized spacial score (nSPS) is 13.9. The predicted octanol–water partition coefficient (Wildman–Crippen LogP) is 5.54. The van der Waals surface area contributed by atoms with Crippen molar-refractivity contribution in [2.75, 3.05) is 42.5 Å². The van der Waals surface area contributed by atoms with Crippen LogP contribution in [0.4, 0.5) is 15.8 Å². The standard InChI is InChI=1S/C26H26BrClFN3O4S/c1-2-31(17-19-15-20(27)8-10-22(19)29)26(33)18-7-9-21(28)25(16-18)37(34,35)30-23-5-3-4-6-24(23)32-11-13-36-14-12-32/h3-10,15-16,30H,2,11-14,17H2,1H3. The van der Waals surface area contributed by atoms with E-state index in [1.165, 1.54) is 29.2 Å². The third kappa shape index (κ3) is 6.43. The molecule has 196 valence electrons. The molecule has 0 spiro atoms. The Labute approximate surface area is 229 Å². The van der Waals surface area contributed by atoms with Crippen LogP contribution in [0.25, 0.3) is 0 Å². The summed E-state index contributed by atoms with van der Waals surface area (Å²) in [6.07, 6.45) is 0. The first kappa shape index (κ1) is 27.4. The van der Waals surface area contributed by atoms with E-state index in [9.17, 15) is 17.6 Å². The quantitative estimate of drug-likeness (QED) is 0.362. The van der Waals surface area contributed by atoms with Gasteiger partial charge in [0.15, 0.2) is 0 Å². The average molecular weight is 611 g/mol. The minimum absolute atomic E-state index is 0.0195. The van der Waals surface area contributed by atoms with Crippen LogP contribution in [-0.2, 0) is 21.3 Å². The molecule has 1 amide bonds. The van der Waals surface area contributed by atoms with Crippen molar-refractivity contribution in [3.05, 3.63) is 87.1 Å². The van der Waals surface area contributed by atoms with Crippen LogP contribution in [0, 0.1) is 5.82 Å². The number of halogens is 3. The first-order valence-corrected chi connectivity index (χ1v) is 14.3. The van der Waals surface area contributed by atoms with Gasteiger partial charge in [-0.3, -0.25) is 9.52 Å². The number of benzene rings is 3. The predicted molar refractivity (Wildman–Crippen MR) is 146 cm³/mol. The topological polar surface area (TPSA) is 79.0 Å². The molecule has 1 heterocycles. The molecule has 11 heteroatoms. The molecule has 1 saturated heterocycles. The highest BCUT2D eigenvalue weighted by Gasteiger charge is 2.25. The first-order chi connectivity index (χ1) is 17.7. The molecular weight excluding hydrogens is 585 g/mol. The van der Waals surface area contributed by atoms with Gasteiger partial charge in [-0.1, -0.05) is 39.7 Å². The van der Waals surface area contributed by atoms with Gasteiger partial charge in [0.25, 0.3) is 15.9 Å². The van der Waals surface area contributed by atoms with Crippen molar-refractivity contribution in [3.63, 3.8) is 0 Å². The van der Waals surface area contributed by atoms with Gasteiger partial charge in [0, 0.05) is 41.8 Å². The Morgan fingerprint density at radius 2 is 1.86 bits per heavy atom. The number of morpholine rings is 1. The maximum absolute atomic E-state index is 14.3. The van der Waals surface area contributed by atoms with Crippen LogP contribution < -0.4 is 9.62 Å². The van der Waals surface area contributed by atoms with E-state index in [1.807, 2.05) is 17.0 Å². The summed E-state index contributed by atoms with van der Waals surface area (Å²) in [7, 11) is -4.14. The van der Waals surface area contributed by atoms with E-state index in [-0.39, 0.29) is 22.0 Å². The summed E-state index contributed by atoms with van der Waals surface area (Å²) in [6, 6.07) is 15.7. The lowest BCUT2D eigenvalue weighted by Gasteiger charge is -2.30. The first-order valence-electron chi connectivity index (χ1n) is 11.7. The SMILES string of the molecule is CCN(Cc1cc(Br)ccc1F)C(=O)c1ccc(Cl)c(S(=O)(=O)Nc2ccccc2N2CCOCC2)c1. The lowest BCUT2D eigenvalue weighted by atomic mass is 10.1. The van der Waals surface area contributed by atoms with Crippen molar-refractivity contribution in [2.45, 2.75) is 18.4 Å². The number of ether oxygens (including phenoxy) is 1. The molecule has 7 nitrogen and oxygen atoms in total. The molecule has 3 aromatic carbocycles. The number of carbonyl (C=O) groups excluding carboxylic acids is 1. The Hall–Kier alpha value is -2.66. The van der Waals surface area contributed by atoms with Crippen LogP contribution in [0.1, 0.15) is 22.8 Å². The molecular formula is C26H26BrClFN3O4S. The van der Waals surface area contributed by atoms with Crippen molar-refractivity contribution >= 4 is 54.8 Å². The molecule has 1 N–H and O–H groups in total. The summed E-state index contributed by atoms with van der Waals surface area (Å²) < 4.78 is 49.9. The number of anilines is 2. The number of hydrogen-bond acceptors (Lipinski definition) is 5. The molecule has 0 atom stereocenters. The van der Waals surface area contributed by atoms with Gasteiger partial charge in [-0.05, 0) is 55.5 Å². The van der Waals surface area contributed by atoms with Gasteiger partial charge < -0.3 is 14.5 Å². The maximum atomic E-state index is 14.3. The number of nitrogens with zero attached hydrogens (tertiary/aromatic N) is 2. The third-order valence-corrected chi connectivity index (χ3v) is 8.35. The second-order valence-corrected chi connectivity index (χ2v) is 11.4. The Morgan fingerprint density at radius 1 is 1.14 bits per heavy atom. The smallest absolute Gasteiger partial charge is 0.263 e. The number of carbonyl (C=O) groups is 1. The van der Waals surface area contributed by atoms with Gasteiger partial charge in [-0.2, -0.15) is 0 Å². The fourth-order valence-electron chi connectivity index (χ4n) is 4.06. The Bertz CT molecular complexity index is 1400. The second-order valence-electron chi connectivity index (χ2n) is 8.42. The van der Waals surface area contributed by atoms with Gasteiger partial charge in [0.05, 0.1) is 29.6 Å². The van der Waals surface area contributed by atoms with Crippen molar-refractivity contribution in [1.29, 1.82) is 0 Å². The minimum atomic E-state index is -4.14. The average Bonchev–Trinajstić information content (AvgIpc) is 2.89. The van der Waals surface area contributed by atoms with E-state index in [0.717, 1.165) is 5.69 Å². The molecule has 3 aromatic rings. The van der Waals surface area contributed by atoms with E-state index in [4.69, 9.17) is 16.3 Å². The Kier molecular flexibility index (Phi) is 8.74. The zero-order chi connectivity index (χ0) is 26.6. The summed E-state index contributed by atoms with van der Waals surface area (Å²) in [4.78, 5) is 16.6. The molecule has 4 rings (SSSR count). The molecule has 37 heavy (non-hydrogen) atoms. The lowest BCUT2D eigenvalue weighted by molar-refractivity contribution is 0.0751. The lowest BCUT2D eigenvalue weighted by Crippen LogP contribution is -2.36. The fourth-order valence-corrected chi connectivity index (χ4v) is 6.07. The Morgan fingerprint density at radius 3 is 2.59 bits per heavy atom. The van der Waals surface area contributed by atoms with Crippen LogP contribution >= 0.6 is 27.5 Å². The summed E-state index contributed by atoms with van der Waals surface area (Å²) in [5.41, 5.74) is 1.60. The number of rotatable bonds is 8. The van der Waals surface area contributed by atoms with Crippen LogP contribution in [0.3, 0.4) is 0 Å². The van der Waals surface area contributed by atoms with E-state index in [1.54, 1.807) is 31.2 Å². The highest BCUT2D eigenvalue weighted by Crippen LogP contribution is 2.31. The highest BCUT2D eigenvalue weighted by molar-refractivity contribution is 9.10. The van der Waals surface area contributed by atoms with E-state index < -0.39 is 21.7 Å². The highest BCUT2D eigenvalue weighted by atomic mass is 79.9. The molecule has 0 aliphatic carbocycles. The van der Waals surface area contributed by atoms with Crippen LogP contribution in [0.5, 0.6) is 0 Å². The molecule has 1 aliphatic heterocycles. The van der Waals surface area contributed by atoms with Gasteiger partial charge in [-0.15, -0.1) is 0 Å².